The molecule has 0 saturated carbocycles. The molecule has 1 aliphatic heterocycles. The van der Waals surface area contributed by atoms with E-state index in [1.165, 1.54) is 5.56 Å². The number of methoxy groups -OCH3 is 1. The van der Waals surface area contributed by atoms with Crippen LogP contribution < -0.4 is 5.32 Å². The molecule has 1 unspecified atom stereocenters. The summed E-state index contributed by atoms with van der Waals surface area (Å²) in [5.74, 6) is 0. The highest BCUT2D eigenvalue weighted by atomic mass is 16.5. The molecule has 20 heavy (non-hydrogen) atoms. The first-order valence-corrected chi connectivity index (χ1v) is 7.35. The van der Waals surface area contributed by atoms with Gasteiger partial charge in [-0.05, 0) is 24.8 Å². The largest absolute Gasteiger partial charge is 0.395 e. The monoisotopic (exact) mass is 279 g/mol. The Kier molecular flexibility index (Phi) is 6.47. The quantitative estimate of drug-likeness (QED) is 0.755. The molecule has 0 spiro atoms. The first kappa shape index (κ1) is 15.4. The van der Waals surface area contributed by atoms with Gasteiger partial charge in [0.2, 0.25) is 0 Å². The van der Waals surface area contributed by atoms with E-state index in [-0.39, 0.29) is 24.8 Å². The van der Waals surface area contributed by atoms with Crippen LogP contribution in [0.4, 0.5) is 0 Å². The van der Waals surface area contributed by atoms with Gasteiger partial charge in [0.25, 0.3) is 0 Å². The Morgan fingerprint density at radius 3 is 2.80 bits per heavy atom. The first-order chi connectivity index (χ1) is 9.83. The Hall–Kier alpha value is -0.940. The standard InChI is InChI=1S/C16H25NO3/c1-19-12-15(16-8-5-9-20-16)17-14(11-18)10-13-6-3-2-4-7-13/h2-4,6-7,14-18H,5,8-12H2,1H3/t14-,15?,16-/m0/s1. The van der Waals surface area contributed by atoms with Gasteiger partial charge in [0, 0.05) is 19.8 Å². The summed E-state index contributed by atoms with van der Waals surface area (Å²) < 4.78 is 11.0. The van der Waals surface area contributed by atoms with Crippen LogP contribution in [0.2, 0.25) is 0 Å². The van der Waals surface area contributed by atoms with E-state index in [1.807, 2.05) is 18.2 Å². The number of aliphatic hydroxyl groups excluding tert-OH is 1. The van der Waals surface area contributed by atoms with Crippen LogP contribution in [0.15, 0.2) is 30.3 Å². The van der Waals surface area contributed by atoms with Crippen LogP contribution >= 0.6 is 0 Å². The number of aliphatic hydroxyl groups is 1. The number of hydrogen-bond donors (Lipinski definition) is 2. The number of nitrogens with one attached hydrogen (secondary N) is 1. The van der Waals surface area contributed by atoms with Crippen molar-refractivity contribution in [1.29, 1.82) is 0 Å². The van der Waals surface area contributed by atoms with E-state index >= 15 is 0 Å². The Labute approximate surface area is 121 Å². The van der Waals surface area contributed by atoms with Crippen molar-refractivity contribution in [2.24, 2.45) is 0 Å². The predicted octanol–water partition coefficient (Wildman–Crippen LogP) is 1.37. The second-order valence-corrected chi connectivity index (χ2v) is 5.35. The summed E-state index contributed by atoms with van der Waals surface area (Å²) in [6.45, 7) is 1.55. The van der Waals surface area contributed by atoms with Crippen LogP contribution in [0, 0.1) is 0 Å². The molecule has 112 valence electrons. The number of benzene rings is 1. The molecule has 1 heterocycles. The fourth-order valence-corrected chi connectivity index (χ4v) is 2.74. The zero-order chi connectivity index (χ0) is 14.2. The minimum atomic E-state index is 0.0294. The Morgan fingerprint density at radius 2 is 2.20 bits per heavy atom. The molecule has 0 aliphatic carbocycles. The molecule has 0 radical (unpaired) electrons. The molecule has 0 amide bonds. The molecular formula is C16H25NO3. The molecule has 1 aliphatic rings. The molecule has 0 bridgehead atoms. The van der Waals surface area contributed by atoms with Crippen molar-refractivity contribution in [2.45, 2.75) is 37.5 Å². The third kappa shape index (κ3) is 4.56. The van der Waals surface area contributed by atoms with Gasteiger partial charge in [0.05, 0.1) is 25.4 Å². The smallest absolute Gasteiger partial charge is 0.0751 e. The average molecular weight is 279 g/mol. The molecule has 1 aromatic rings. The van der Waals surface area contributed by atoms with Crippen LogP contribution in [-0.2, 0) is 15.9 Å². The van der Waals surface area contributed by atoms with Crippen molar-refractivity contribution in [1.82, 2.24) is 5.32 Å². The maximum absolute atomic E-state index is 9.60. The molecule has 4 nitrogen and oxygen atoms in total. The predicted molar refractivity (Wildman–Crippen MR) is 78.8 cm³/mol. The molecule has 2 rings (SSSR count). The lowest BCUT2D eigenvalue weighted by molar-refractivity contribution is 0.0354. The summed E-state index contributed by atoms with van der Waals surface area (Å²) in [5, 5.41) is 13.1. The Bertz CT molecular complexity index is 365. The van der Waals surface area contributed by atoms with Gasteiger partial charge in [-0.2, -0.15) is 0 Å². The van der Waals surface area contributed by atoms with E-state index in [2.05, 4.69) is 17.4 Å². The number of rotatable bonds is 8. The molecule has 1 fully saturated rings. The maximum Gasteiger partial charge on any atom is 0.0751 e. The van der Waals surface area contributed by atoms with Crippen molar-refractivity contribution in [2.75, 3.05) is 26.9 Å². The van der Waals surface area contributed by atoms with Crippen molar-refractivity contribution >= 4 is 0 Å². The van der Waals surface area contributed by atoms with E-state index in [0.717, 1.165) is 25.9 Å². The Morgan fingerprint density at radius 1 is 1.40 bits per heavy atom. The highest BCUT2D eigenvalue weighted by molar-refractivity contribution is 5.16. The minimum Gasteiger partial charge on any atom is -0.395 e. The van der Waals surface area contributed by atoms with Crippen molar-refractivity contribution < 1.29 is 14.6 Å². The molecule has 1 saturated heterocycles. The summed E-state index contributed by atoms with van der Waals surface area (Å²) >= 11 is 0. The fourth-order valence-electron chi connectivity index (χ4n) is 2.74. The molecular weight excluding hydrogens is 254 g/mol. The number of ether oxygens (including phenoxy) is 2. The minimum absolute atomic E-state index is 0.0294. The van der Waals surface area contributed by atoms with Crippen molar-refractivity contribution in [3.63, 3.8) is 0 Å². The lowest BCUT2D eigenvalue weighted by Gasteiger charge is -2.28. The van der Waals surface area contributed by atoms with Crippen LogP contribution in [0.3, 0.4) is 0 Å². The fraction of sp³-hybridized carbons (Fsp3) is 0.625. The zero-order valence-corrected chi connectivity index (χ0v) is 12.1. The third-order valence-corrected chi connectivity index (χ3v) is 3.76. The van der Waals surface area contributed by atoms with E-state index < -0.39 is 0 Å². The van der Waals surface area contributed by atoms with Gasteiger partial charge >= 0.3 is 0 Å². The highest BCUT2D eigenvalue weighted by Crippen LogP contribution is 2.17. The van der Waals surface area contributed by atoms with E-state index in [4.69, 9.17) is 9.47 Å². The average Bonchev–Trinajstić information content (AvgIpc) is 3.01. The lowest BCUT2D eigenvalue weighted by Crippen LogP contribution is -2.50. The second kappa shape index (κ2) is 8.37. The summed E-state index contributed by atoms with van der Waals surface area (Å²) in [4.78, 5) is 0. The van der Waals surface area contributed by atoms with Crippen molar-refractivity contribution in [3.05, 3.63) is 35.9 Å². The molecule has 1 aromatic carbocycles. The van der Waals surface area contributed by atoms with Crippen LogP contribution in [0.25, 0.3) is 0 Å². The second-order valence-electron chi connectivity index (χ2n) is 5.35. The van der Waals surface area contributed by atoms with Gasteiger partial charge in [-0.1, -0.05) is 30.3 Å². The first-order valence-electron chi connectivity index (χ1n) is 7.35. The maximum atomic E-state index is 9.60. The van der Waals surface area contributed by atoms with Gasteiger partial charge in [-0.25, -0.2) is 0 Å². The van der Waals surface area contributed by atoms with Gasteiger partial charge in [0.1, 0.15) is 0 Å². The summed E-state index contributed by atoms with van der Waals surface area (Å²) in [6.07, 6.45) is 3.17. The van der Waals surface area contributed by atoms with Gasteiger partial charge in [0.15, 0.2) is 0 Å². The van der Waals surface area contributed by atoms with Crippen molar-refractivity contribution in [3.8, 4) is 0 Å². The van der Waals surface area contributed by atoms with Gasteiger partial charge in [-0.3, -0.25) is 0 Å². The zero-order valence-electron chi connectivity index (χ0n) is 12.1. The summed E-state index contributed by atoms with van der Waals surface area (Å²) in [6, 6.07) is 10.4. The van der Waals surface area contributed by atoms with Crippen LogP contribution in [0.5, 0.6) is 0 Å². The third-order valence-electron chi connectivity index (χ3n) is 3.76. The number of hydrogen-bond acceptors (Lipinski definition) is 4. The van der Waals surface area contributed by atoms with Crippen LogP contribution in [0.1, 0.15) is 18.4 Å². The molecule has 2 N–H and O–H groups in total. The van der Waals surface area contributed by atoms with E-state index in [0.29, 0.717) is 6.61 Å². The SMILES string of the molecule is COCC(N[C@H](CO)Cc1ccccc1)[C@@H]1CCCO1. The highest BCUT2D eigenvalue weighted by Gasteiger charge is 2.27. The topological polar surface area (TPSA) is 50.7 Å². The molecule has 4 heteroatoms. The molecule has 3 atom stereocenters. The Balaban J connectivity index is 1.92. The summed E-state index contributed by atoms with van der Waals surface area (Å²) in [5.41, 5.74) is 1.22. The van der Waals surface area contributed by atoms with Gasteiger partial charge < -0.3 is 19.9 Å². The lowest BCUT2D eigenvalue weighted by atomic mass is 10.0. The normalized spacial score (nSPS) is 21.8. The molecule has 0 aromatic heterocycles. The van der Waals surface area contributed by atoms with E-state index in [9.17, 15) is 5.11 Å². The van der Waals surface area contributed by atoms with E-state index in [1.54, 1.807) is 7.11 Å². The summed E-state index contributed by atoms with van der Waals surface area (Å²) in [7, 11) is 1.70. The van der Waals surface area contributed by atoms with Crippen LogP contribution in [-0.4, -0.2) is 50.2 Å². The van der Waals surface area contributed by atoms with Gasteiger partial charge in [-0.15, -0.1) is 0 Å².